The number of pyridine rings is 1. The van der Waals surface area contributed by atoms with Gasteiger partial charge < -0.3 is 50.0 Å². The topological polar surface area (TPSA) is 222 Å². The van der Waals surface area contributed by atoms with Crippen LogP contribution in [0.25, 0.3) is 55.3 Å². The van der Waals surface area contributed by atoms with Crippen LogP contribution in [0.4, 0.5) is 23.4 Å². The highest BCUT2D eigenvalue weighted by Crippen LogP contribution is 2.44. The number of benzene rings is 5. The zero-order valence-corrected chi connectivity index (χ0v) is 47.0. The summed E-state index contributed by atoms with van der Waals surface area (Å²) < 4.78 is 79.4. The molecule has 12 rings (SSSR count). The normalized spacial score (nSPS) is 19.7. The number of aryl methyl sites for hydroxylation is 1. The second-order valence-corrected chi connectivity index (χ2v) is 22.7. The molecule has 8 aromatic rings. The van der Waals surface area contributed by atoms with Crippen LogP contribution in [-0.2, 0) is 27.4 Å². The summed E-state index contributed by atoms with van der Waals surface area (Å²) in [4.78, 5) is 47.4. The number of ether oxygens (including phenoxy) is 3. The van der Waals surface area contributed by atoms with Crippen LogP contribution in [0.15, 0.2) is 97.3 Å². The average Bonchev–Trinajstić information content (AvgIpc) is 1.86. The molecule has 442 valence electrons. The van der Waals surface area contributed by atoms with Gasteiger partial charge in [-0.15, -0.1) is 5.10 Å². The van der Waals surface area contributed by atoms with Crippen molar-refractivity contribution in [3.8, 4) is 51.2 Å². The van der Waals surface area contributed by atoms with Crippen molar-refractivity contribution in [1.82, 2.24) is 45.5 Å². The maximum absolute atomic E-state index is 15.7. The molecule has 5 aromatic carbocycles. The van der Waals surface area contributed by atoms with Gasteiger partial charge in [-0.05, 0) is 88.5 Å². The van der Waals surface area contributed by atoms with Crippen molar-refractivity contribution in [2.24, 2.45) is 5.92 Å². The second-order valence-electron chi connectivity index (χ2n) is 22.7. The zero-order valence-electron chi connectivity index (χ0n) is 47.0. The minimum absolute atomic E-state index is 0.0183. The van der Waals surface area contributed by atoms with Crippen molar-refractivity contribution in [3.05, 3.63) is 137 Å². The molecule has 2 bridgehead atoms. The summed E-state index contributed by atoms with van der Waals surface area (Å²) in [5, 5.41) is 49.6. The highest BCUT2D eigenvalue weighted by Gasteiger charge is 2.43. The highest BCUT2D eigenvalue weighted by molar-refractivity contribution is 6.04. The number of amides is 2. The van der Waals surface area contributed by atoms with Gasteiger partial charge >= 0.3 is 6.01 Å². The molecule has 7 heterocycles. The number of fused-ring (bicyclic) bond motifs is 4. The van der Waals surface area contributed by atoms with Gasteiger partial charge in [-0.25, -0.2) is 22.2 Å². The van der Waals surface area contributed by atoms with Crippen LogP contribution in [-0.4, -0.2) is 132 Å². The lowest BCUT2D eigenvalue weighted by molar-refractivity contribution is -0.142. The van der Waals surface area contributed by atoms with Gasteiger partial charge in [0.05, 0.1) is 49.1 Å². The fourth-order valence-electron chi connectivity index (χ4n) is 12.4. The molecule has 0 spiro atoms. The Balaban J connectivity index is 0.812. The number of phenolic OH excluding ortho intramolecular Hbond substituents is 1. The Labute approximate surface area is 486 Å². The molecule has 0 radical (unpaired) electrons. The smallest absolute Gasteiger partial charge is 0.319 e. The minimum atomic E-state index is -1.35. The van der Waals surface area contributed by atoms with Crippen LogP contribution < -0.4 is 25.0 Å². The van der Waals surface area contributed by atoms with Crippen molar-refractivity contribution in [1.29, 1.82) is 0 Å². The summed E-state index contributed by atoms with van der Waals surface area (Å²) in [5.41, 5.74) is 3.41. The lowest BCUT2D eigenvalue weighted by Gasteiger charge is -2.34. The average molecular weight is 1170 g/mol. The van der Waals surface area contributed by atoms with Crippen molar-refractivity contribution < 1.29 is 56.7 Å². The lowest BCUT2D eigenvalue weighted by Crippen LogP contribution is -2.51. The standard InChI is InChI=1S/C63H64F4N10O8/c1-4-44-47(64)16-13-38-23-41(79)24-45(53(38)44)56-59(57-46(26-68-56)60(75-27-39-14-15-40(28-75)69-39)72-63(71-57)85-43-19-21-83-22-20-43)84-32-34-5-7-35(8-6-34)50-30-77(74-73-50)58(33(2)3)62(82)76-29-42(80)25-52(76)61(81)70-51(31-78)36-9-11-37(12-10-36)54-48(65)17-18-49(66)55(54)67/h5-13,16-18,23-24,26,30,33,39-40,42-43,51-52,58,69,78-80H,4,14-15,19-22,25,27-29,31-32H2,1-3H3,(H,70,81)/t39-,40+,42-,51+,52+,58+/m1/s1. The number of rotatable bonds is 17. The summed E-state index contributed by atoms with van der Waals surface area (Å²) in [6, 6.07) is 18.4. The maximum atomic E-state index is 15.7. The van der Waals surface area contributed by atoms with Gasteiger partial charge in [-0.1, -0.05) is 80.6 Å². The van der Waals surface area contributed by atoms with E-state index in [9.17, 15) is 38.1 Å². The van der Waals surface area contributed by atoms with Gasteiger partial charge in [0, 0.05) is 68.3 Å². The molecule has 4 saturated heterocycles. The number of aromatic nitrogens is 6. The van der Waals surface area contributed by atoms with E-state index in [2.05, 4.69) is 25.8 Å². The predicted octanol–water partition coefficient (Wildman–Crippen LogP) is 8.68. The molecule has 5 N–H and O–H groups in total. The van der Waals surface area contributed by atoms with Crippen LogP contribution in [0.3, 0.4) is 0 Å². The number of carbonyl (C=O) groups is 2. The van der Waals surface area contributed by atoms with E-state index in [-0.39, 0.29) is 72.6 Å². The van der Waals surface area contributed by atoms with Gasteiger partial charge in [-0.3, -0.25) is 14.6 Å². The third kappa shape index (κ3) is 11.4. The number of likely N-dealkylation sites (tertiary alicyclic amines) is 1. The Hall–Kier alpha value is -8.31. The molecular formula is C63H64F4N10O8. The first-order valence-corrected chi connectivity index (χ1v) is 28.8. The molecule has 22 heteroatoms. The second kappa shape index (κ2) is 24.0. The monoisotopic (exact) mass is 1160 g/mol. The third-order valence-electron chi connectivity index (χ3n) is 16.7. The Morgan fingerprint density at radius 1 is 0.871 bits per heavy atom. The molecule has 0 unspecified atom stereocenters. The van der Waals surface area contributed by atoms with E-state index >= 15 is 4.39 Å². The summed E-state index contributed by atoms with van der Waals surface area (Å²) in [6.45, 7) is 7.36. The van der Waals surface area contributed by atoms with Crippen molar-refractivity contribution in [3.63, 3.8) is 0 Å². The van der Waals surface area contributed by atoms with E-state index in [1.54, 1.807) is 30.6 Å². The number of phenols is 1. The zero-order chi connectivity index (χ0) is 59.2. The van der Waals surface area contributed by atoms with E-state index < -0.39 is 65.7 Å². The Morgan fingerprint density at radius 2 is 1.59 bits per heavy atom. The number of anilines is 1. The number of carbonyl (C=O) groups excluding carboxylic acids is 2. The Bertz CT molecular complexity index is 3800. The van der Waals surface area contributed by atoms with Crippen LogP contribution in [0, 0.1) is 29.2 Å². The number of hydrogen-bond acceptors (Lipinski definition) is 15. The van der Waals surface area contributed by atoms with Gasteiger partial charge in [0.15, 0.2) is 17.4 Å². The molecule has 0 saturated carbocycles. The first-order valence-electron chi connectivity index (χ1n) is 28.8. The quantitative estimate of drug-likeness (QED) is 0.0425. The van der Waals surface area contributed by atoms with Crippen molar-refractivity contribution in [2.45, 2.75) is 108 Å². The Kier molecular flexibility index (Phi) is 16.1. The number of β-amino-alcohol motifs (C(OH)–C–C–N with tert-alkyl or cyclic N) is 1. The molecule has 6 atom stereocenters. The molecule has 0 aliphatic carbocycles. The SMILES string of the molecule is CCc1c(F)ccc2cc(O)cc(-c3ncc4c(N5C[C@H]6CC[C@@H](C5)N6)nc(OC5CCOCC5)nc4c3OCc3ccc(-c4cn([C@H](C(=O)N5C[C@H](O)C[C@H]5C(=O)N[C@@H](CO)c5ccc(-c6c(F)ccc(F)c6F)cc5)C(C)C)nn4)cc3)c12. The molecule has 4 aliphatic heterocycles. The lowest BCUT2D eigenvalue weighted by atomic mass is 9.94. The number of nitrogens with zero attached hydrogens (tertiary/aromatic N) is 8. The molecule has 4 fully saturated rings. The number of halogens is 4. The Morgan fingerprint density at radius 3 is 2.31 bits per heavy atom. The highest BCUT2D eigenvalue weighted by atomic mass is 19.2. The predicted molar refractivity (Wildman–Crippen MR) is 307 cm³/mol. The molecule has 18 nitrogen and oxygen atoms in total. The maximum Gasteiger partial charge on any atom is 0.319 e. The van der Waals surface area contributed by atoms with E-state index in [0.29, 0.717) is 99.7 Å². The number of hydrogen-bond donors (Lipinski definition) is 5. The van der Waals surface area contributed by atoms with Crippen LogP contribution in [0.1, 0.15) is 81.6 Å². The van der Waals surface area contributed by atoms with Crippen LogP contribution >= 0.6 is 0 Å². The number of aliphatic hydroxyl groups is 2. The first kappa shape index (κ1) is 57.1. The molecular weight excluding hydrogens is 1100 g/mol. The van der Waals surface area contributed by atoms with Crippen molar-refractivity contribution in [2.75, 3.05) is 44.4 Å². The van der Waals surface area contributed by atoms with Gasteiger partial charge in [0.25, 0.3) is 0 Å². The van der Waals surface area contributed by atoms with E-state index in [4.69, 9.17) is 29.2 Å². The molecule has 4 aliphatic rings. The summed E-state index contributed by atoms with van der Waals surface area (Å²) in [5.74, 6) is -4.50. The van der Waals surface area contributed by atoms with Gasteiger partial charge in [0.2, 0.25) is 11.8 Å². The van der Waals surface area contributed by atoms with Gasteiger partial charge in [-0.2, -0.15) is 9.97 Å². The molecule has 3 aromatic heterocycles. The van der Waals surface area contributed by atoms with E-state index in [0.717, 1.165) is 37.6 Å². The van der Waals surface area contributed by atoms with Crippen LogP contribution in [0.5, 0.6) is 17.5 Å². The summed E-state index contributed by atoms with van der Waals surface area (Å²) in [6.07, 6.45) is 5.87. The molecule has 2 amide bonds. The molecule has 85 heavy (non-hydrogen) atoms. The van der Waals surface area contributed by atoms with Crippen molar-refractivity contribution >= 4 is 39.3 Å². The van der Waals surface area contributed by atoms with E-state index in [1.807, 2.05) is 45.0 Å². The first-order chi connectivity index (χ1) is 41.1. The van der Waals surface area contributed by atoms with E-state index in [1.165, 1.54) is 39.9 Å². The largest absolute Gasteiger partial charge is 0.508 e. The fourth-order valence-corrected chi connectivity index (χ4v) is 12.4. The number of aromatic hydroxyl groups is 1. The number of nitrogens with one attached hydrogen (secondary N) is 2. The van der Waals surface area contributed by atoms with Crippen LogP contribution in [0.2, 0.25) is 0 Å². The fraction of sp³-hybridized carbons (Fsp3) is 0.381. The number of aliphatic hydroxyl groups excluding tert-OH is 2. The summed E-state index contributed by atoms with van der Waals surface area (Å²) in [7, 11) is 0. The minimum Gasteiger partial charge on any atom is -0.508 e. The van der Waals surface area contributed by atoms with Gasteiger partial charge in [0.1, 0.15) is 64.9 Å². The third-order valence-corrected chi connectivity index (χ3v) is 16.7. The number of piperazine rings is 1. The summed E-state index contributed by atoms with van der Waals surface area (Å²) >= 11 is 0.